The van der Waals surface area contributed by atoms with Crippen LogP contribution < -0.4 is 5.32 Å². The van der Waals surface area contributed by atoms with Crippen LogP contribution in [0.4, 0.5) is 4.79 Å². The Kier molecular flexibility index (Phi) is 6.04. The lowest BCUT2D eigenvalue weighted by Crippen LogP contribution is -2.37. The minimum absolute atomic E-state index is 0.363. The third kappa shape index (κ3) is 5.53. The molecule has 1 N–H and O–H groups in total. The van der Waals surface area contributed by atoms with E-state index in [2.05, 4.69) is 26.7 Å². The zero-order valence-corrected chi connectivity index (χ0v) is 14.8. The molecule has 130 valence electrons. The van der Waals surface area contributed by atoms with Crippen LogP contribution in [0.5, 0.6) is 0 Å². The molecule has 6 heteroatoms. The third-order valence-corrected chi connectivity index (χ3v) is 4.12. The zero-order chi connectivity index (χ0) is 16.9. The van der Waals surface area contributed by atoms with Gasteiger partial charge in [0.2, 0.25) is 0 Å². The molecule has 6 nitrogen and oxygen atoms in total. The normalized spacial score (nSPS) is 19.6. The number of amides is 1. The van der Waals surface area contributed by atoms with Crippen molar-refractivity contribution in [3.05, 3.63) is 18.2 Å². The van der Waals surface area contributed by atoms with Crippen LogP contribution in [0.1, 0.15) is 52.3 Å². The molecule has 0 aliphatic carbocycles. The van der Waals surface area contributed by atoms with Crippen LogP contribution in [0.2, 0.25) is 0 Å². The first-order chi connectivity index (χ1) is 10.9. The first kappa shape index (κ1) is 17.8. The molecule has 1 amide bonds. The van der Waals surface area contributed by atoms with E-state index in [0.717, 1.165) is 19.5 Å². The van der Waals surface area contributed by atoms with Crippen LogP contribution in [0, 0.1) is 0 Å². The third-order valence-electron chi connectivity index (χ3n) is 4.12. The number of carbonyl (C=O) groups is 1. The Morgan fingerprint density at radius 3 is 2.96 bits per heavy atom. The first-order valence-electron chi connectivity index (χ1n) is 8.59. The molecule has 0 saturated carbocycles. The van der Waals surface area contributed by atoms with Crippen molar-refractivity contribution in [2.45, 2.75) is 58.6 Å². The highest BCUT2D eigenvalue weighted by molar-refractivity contribution is 5.67. The largest absolute Gasteiger partial charge is 0.444 e. The Morgan fingerprint density at radius 2 is 2.26 bits per heavy atom. The van der Waals surface area contributed by atoms with Crippen molar-refractivity contribution in [1.82, 2.24) is 19.8 Å². The minimum Gasteiger partial charge on any atom is -0.444 e. The molecule has 0 bridgehead atoms. The number of rotatable bonds is 5. The van der Waals surface area contributed by atoms with Gasteiger partial charge in [0.15, 0.2) is 0 Å². The van der Waals surface area contributed by atoms with Crippen molar-refractivity contribution in [2.24, 2.45) is 0 Å². The SMILES string of the molecule is CCN1CCCC(n2cncc2CCNC(=O)OC(C)(C)C)C1. The average molecular weight is 322 g/mol. The summed E-state index contributed by atoms with van der Waals surface area (Å²) in [5.41, 5.74) is 0.710. The van der Waals surface area contributed by atoms with Gasteiger partial charge in [-0.05, 0) is 46.7 Å². The summed E-state index contributed by atoms with van der Waals surface area (Å²) in [5.74, 6) is 0. The molecule has 0 aromatic carbocycles. The van der Waals surface area contributed by atoms with Gasteiger partial charge in [0.1, 0.15) is 5.60 Å². The molecule has 0 radical (unpaired) electrons. The topological polar surface area (TPSA) is 59.4 Å². The van der Waals surface area contributed by atoms with Gasteiger partial charge in [-0.15, -0.1) is 0 Å². The molecule has 1 unspecified atom stereocenters. The number of hydrogen-bond acceptors (Lipinski definition) is 4. The molecule has 0 spiro atoms. The van der Waals surface area contributed by atoms with Gasteiger partial charge in [-0.3, -0.25) is 0 Å². The highest BCUT2D eigenvalue weighted by atomic mass is 16.6. The van der Waals surface area contributed by atoms with E-state index in [-0.39, 0.29) is 6.09 Å². The van der Waals surface area contributed by atoms with E-state index in [1.54, 1.807) is 0 Å². The molecule has 1 fully saturated rings. The molecular formula is C17H30N4O2. The summed E-state index contributed by atoms with van der Waals surface area (Å²) < 4.78 is 7.53. The minimum atomic E-state index is -0.461. The number of ether oxygens (including phenoxy) is 1. The van der Waals surface area contributed by atoms with Gasteiger partial charge < -0.3 is 19.5 Å². The average Bonchev–Trinajstić information content (AvgIpc) is 2.94. The quantitative estimate of drug-likeness (QED) is 0.905. The summed E-state index contributed by atoms with van der Waals surface area (Å²) in [4.78, 5) is 18.5. The summed E-state index contributed by atoms with van der Waals surface area (Å²) in [6.07, 6.45) is 6.65. The monoisotopic (exact) mass is 322 g/mol. The molecular weight excluding hydrogens is 292 g/mol. The van der Waals surface area contributed by atoms with Crippen molar-refractivity contribution in [1.29, 1.82) is 0 Å². The van der Waals surface area contributed by atoms with Crippen molar-refractivity contribution < 1.29 is 9.53 Å². The van der Waals surface area contributed by atoms with Gasteiger partial charge in [-0.2, -0.15) is 0 Å². The fourth-order valence-corrected chi connectivity index (χ4v) is 3.01. The highest BCUT2D eigenvalue weighted by Crippen LogP contribution is 2.22. The Bertz CT molecular complexity index is 507. The van der Waals surface area contributed by atoms with Crippen LogP contribution in [0.3, 0.4) is 0 Å². The van der Waals surface area contributed by atoms with Crippen LogP contribution in [0.15, 0.2) is 12.5 Å². The number of imidazole rings is 1. The predicted molar refractivity (Wildman–Crippen MR) is 90.6 cm³/mol. The molecule has 1 atom stereocenters. The van der Waals surface area contributed by atoms with Gasteiger partial charge in [0.05, 0.1) is 6.33 Å². The summed E-state index contributed by atoms with van der Waals surface area (Å²) in [6, 6.07) is 0.489. The second kappa shape index (κ2) is 7.81. The Labute approximate surface area is 139 Å². The summed E-state index contributed by atoms with van der Waals surface area (Å²) in [5, 5.41) is 2.81. The zero-order valence-electron chi connectivity index (χ0n) is 14.8. The van der Waals surface area contributed by atoms with Crippen molar-refractivity contribution in [3.63, 3.8) is 0 Å². The van der Waals surface area contributed by atoms with Crippen LogP contribution >= 0.6 is 0 Å². The van der Waals surface area contributed by atoms with E-state index in [9.17, 15) is 4.79 Å². The summed E-state index contributed by atoms with van der Waals surface area (Å²) in [7, 11) is 0. The lowest BCUT2D eigenvalue weighted by atomic mass is 10.1. The van der Waals surface area contributed by atoms with E-state index in [1.807, 2.05) is 33.3 Å². The number of likely N-dealkylation sites (tertiary alicyclic amines) is 1. The molecule has 1 aromatic heterocycles. The van der Waals surface area contributed by atoms with E-state index in [4.69, 9.17) is 4.74 Å². The maximum atomic E-state index is 11.7. The molecule has 2 rings (SSSR count). The van der Waals surface area contributed by atoms with Crippen molar-refractivity contribution in [3.8, 4) is 0 Å². The van der Waals surface area contributed by atoms with Crippen molar-refractivity contribution >= 4 is 6.09 Å². The van der Waals surface area contributed by atoms with Gasteiger partial charge in [0, 0.05) is 37.4 Å². The number of aromatic nitrogens is 2. The summed E-state index contributed by atoms with van der Waals surface area (Å²) >= 11 is 0. The highest BCUT2D eigenvalue weighted by Gasteiger charge is 2.22. The number of nitrogens with zero attached hydrogens (tertiary/aromatic N) is 3. The molecule has 1 saturated heterocycles. The lowest BCUT2D eigenvalue weighted by molar-refractivity contribution is 0.0528. The van der Waals surface area contributed by atoms with E-state index in [0.29, 0.717) is 12.6 Å². The van der Waals surface area contributed by atoms with Gasteiger partial charge >= 0.3 is 6.09 Å². The van der Waals surface area contributed by atoms with E-state index >= 15 is 0 Å². The lowest BCUT2D eigenvalue weighted by Gasteiger charge is -2.33. The number of nitrogens with one attached hydrogen (secondary N) is 1. The smallest absolute Gasteiger partial charge is 0.407 e. The molecule has 2 heterocycles. The van der Waals surface area contributed by atoms with Crippen LogP contribution in [0.25, 0.3) is 0 Å². The number of alkyl carbamates (subject to hydrolysis) is 1. The van der Waals surface area contributed by atoms with Gasteiger partial charge in [0.25, 0.3) is 0 Å². The maximum Gasteiger partial charge on any atom is 0.407 e. The fourth-order valence-electron chi connectivity index (χ4n) is 3.01. The Morgan fingerprint density at radius 1 is 1.48 bits per heavy atom. The number of carbonyl (C=O) groups excluding carboxylic acids is 1. The predicted octanol–water partition coefficient (Wildman–Crippen LogP) is 2.61. The summed E-state index contributed by atoms with van der Waals surface area (Å²) in [6.45, 7) is 11.7. The van der Waals surface area contributed by atoms with Gasteiger partial charge in [-0.25, -0.2) is 9.78 Å². The second-order valence-corrected chi connectivity index (χ2v) is 7.16. The Balaban J connectivity index is 1.85. The Hall–Kier alpha value is -1.56. The number of likely N-dealkylation sites (N-methyl/N-ethyl adjacent to an activating group) is 1. The second-order valence-electron chi connectivity index (χ2n) is 7.16. The van der Waals surface area contributed by atoms with Crippen LogP contribution in [-0.2, 0) is 11.2 Å². The standard InChI is InChI=1S/C17H30N4O2/c1-5-20-10-6-7-15(12-20)21-13-18-11-14(21)8-9-19-16(22)23-17(2,3)4/h11,13,15H,5-10,12H2,1-4H3,(H,19,22). The molecule has 1 aromatic rings. The van der Waals surface area contributed by atoms with Crippen LogP contribution in [-0.4, -0.2) is 52.3 Å². The molecule has 23 heavy (non-hydrogen) atoms. The number of hydrogen-bond donors (Lipinski definition) is 1. The van der Waals surface area contributed by atoms with E-state index < -0.39 is 5.60 Å². The molecule has 1 aliphatic rings. The number of piperidine rings is 1. The van der Waals surface area contributed by atoms with E-state index in [1.165, 1.54) is 25.1 Å². The van der Waals surface area contributed by atoms with Crippen molar-refractivity contribution in [2.75, 3.05) is 26.2 Å². The molecule has 1 aliphatic heterocycles. The van der Waals surface area contributed by atoms with Gasteiger partial charge in [-0.1, -0.05) is 6.92 Å². The first-order valence-corrected chi connectivity index (χ1v) is 8.59. The maximum absolute atomic E-state index is 11.7. The fraction of sp³-hybridized carbons (Fsp3) is 0.765.